The summed E-state index contributed by atoms with van der Waals surface area (Å²) in [7, 11) is 0. The van der Waals surface area contributed by atoms with Crippen molar-refractivity contribution in [3.05, 3.63) is 12.2 Å². The van der Waals surface area contributed by atoms with Crippen LogP contribution in [0.5, 0.6) is 0 Å². The third-order valence-corrected chi connectivity index (χ3v) is 1.25. The van der Waals surface area contributed by atoms with Crippen molar-refractivity contribution in [2.45, 2.75) is 24.3 Å². The molecule has 0 heterocycles. The van der Waals surface area contributed by atoms with Crippen molar-refractivity contribution in [3.8, 4) is 0 Å². The van der Waals surface area contributed by atoms with Crippen LogP contribution in [0.4, 0.5) is 13.2 Å². The maximum absolute atomic E-state index is 11.7. The third kappa shape index (κ3) is 3.93. The number of hydrogen-bond donors (Lipinski definition) is 0. The minimum Gasteiger partial charge on any atom is -0.166 e. The Hall–Kier alpha value is 0.01000. The van der Waals surface area contributed by atoms with Gasteiger partial charge in [0.2, 0.25) is 0 Å². The number of alkyl halides is 4. The van der Waals surface area contributed by atoms with Gasteiger partial charge in [0.15, 0.2) is 0 Å². The molecular weight excluding hydrogens is 209 g/mol. The molecular formula is C6H8BrF3. The van der Waals surface area contributed by atoms with Gasteiger partial charge in [0.1, 0.15) is 0 Å². The van der Waals surface area contributed by atoms with Crippen molar-refractivity contribution in [1.29, 1.82) is 0 Å². The van der Waals surface area contributed by atoms with E-state index in [-0.39, 0.29) is 11.2 Å². The zero-order chi connectivity index (χ0) is 8.36. The molecule has 0 N–H and O–H groups in total. The van der Waals surface area contributed by atoms with E-state index < -0.39 is 11.7 Å². The van der Waals surface area contributed by atoms with Crippen molar-refractivity contribution in [3.63, 3.8) is 0 Å². The van der Waals surface area contributed by atoms with Crippen molar-refractivity contribution in [2.24, 2.45) is 0 Å². The van der Waals surface area contributed by atoms with Crippen LogP contribution in [0.15, 0.2) is 12.2 Å². The van der Waals surface area contributed by atoms with Crippen molar-refractivity contribution in [2.75, 3.05) is 0 Å². The van der Waals surface area contributed by atoms with Crippen molar-refractivity contribution in [1.82, 2.24) is 0 Å². The number of halogens is 4. The zero-order valence-corrected chi connectivity index (χ0v) is 7.09. The van der Waals surface area contributed by atoms with Gasteiger partial charge < -0.3 is 0 Å². The monoisotopic (exact) mass is 216 g/mol. The molecule has 0 aliphatic rings. The summed E-state index contributed by atoms with van der Waals surface area (Å²) in [6, 6.07) is 0. The molecule has 0 aromatic rings. The molecule has 0 bridgehead atoms. The van der Waals surface area contributed by atoms with Crippen LogP contribution in [0.3, 0.4) is 0 Å². The summed E-state index contributed by atoms with van der Waals surface area (Å²) in [6.07, 6.45) is -4.29. The van der Waals surface area contributed by atoms with Crippen LogP contribution < -0.4 is 0 Å². The largest absolute Gasteiger partial charge is 0.412 e. The standard InChI is InChI=1S/C6H8BrF3/c1-4(3-5(2)7)6(8,9)10/h5H,1,3H2,2H3. The summed E-state index contributed by atoms with van der Waals surface area (Å²) < 4.78 is 35.1. The SMILES string of the molecule is C=C(CC(C)Br)C(F)(F)F. The summed E-state index contributed by atoms with van der Waals surface area (Å²) >= 11 is 3.01. The highest BCUT2D eigenvalue weighted by atomic mass is 79.9. The van der Waals surface area contributed by atoms with E-state index in [0.29, 0.717) is 0 Å². The molecule has 0 radical (unpaired) electrons. The van der Waals surface area contributed by atoms with E-state index in [2.05, 4.69) is 22.5 Å². The summed E-state index contributed by atoms with van der Waals surface area (Å²) in [5.41, 5.74) is -0.683. The smallest absolute Gasteiger partial charge is 0.166 e. The fraction of sp³-hybridized carbons (Fsp3) is 0.667. The van der Waals surface area contributed by atoms with Crippen LogP contribution in [-0.4, -0.2) is 11.0 Å². The normalized spacial score (nSPS) is 14.9. The van der Waals surface area contributed by atoms with Gasteiger partial charge in [-0.05, 0) is 6.42 Å². The second kappa shape index (κ2) is 3.42. The summed E-state index contributed by atoms with van der Waals surface area (Å²) in [6.45, 7) is 4.56. The maximum atomic E-state index is 11.7. The van der Waals surface area contributed by atoms with Crippen LogP contribution in [-0.2, 0) is 0 Å². The molecule has 0 nitrogen and oxygen atoms in total. The Morgan fingerprint density at radius 1 is 1.60 bits per heavy atom. The predicted octanol–water partition coefficient (Wildman–Crippen LogP) is 3.28. The van der Waals surface area contributed by atoms with Gasteiger partial charge in [-0.15, -0.1) is 0 Å². The van der Waals surface area contributed by atoms with E-state index in [1.807, 2.05) is 0 Å². The van der Waals surface area contributed by atoms with Gasteiger partial charge >= 0.3 is 6.18 Å². The van der Waals surface area contributed by atoms with Crippen LogP contribution in [0.2, 0.25) is 0 Å². The minimum absolute atomic E-state index is 0.0521. The summed E-state index contributed by atoms with van der Waals surface area (Å²) in [4.78, 5) is -0.165. The summed E-state index contributed by atoms with van der Waals surface area (Å²) in [5.74, 6) is 0. The second-order valence-corrected chi connectivity index (χ2v) is 3.65. The molecule has 0 aliphatic heterocycles. The Labute approximate surface area is 66.2 Å². The molecule has 1 atom stereocenters. The Balaban J connectivity index is 3.87. The molecule has 0 aromatic heterocycles. The van der Waals surface area contributed by atoms with Crippen LogP contribution in [0.25, 0.3) is 0 Å². The first-order chi connectivity index (χ1) is 4.34. The Bertz CT molecular complexity index is 125. The maximum Gasteiger partial charge on any atom is 0.412 e. The number of allylic oxidation sites excluding steroid dienone is 1. The highest BCUT2D eigenvalue weighted by Crippen LogP contribution is 2.28. The Morgan fingerprint density at radius 3 is 2.10 bits per heavy atom. The van der Waals surface area contributed by atoms with Gasteiger partial charge in [-0.3, -0.25) is 0 Å². The van der Waals surface area contributed by atoms with E-state index in [1.165, 1.54) is 0 Å². The highest BCUT2D eigenvalue weighted by molar-refractivity contribution is 9.09. The first kappa shape index (κ1) is 10.0. The van der Waals surface area contributed by atoms with E-state index >= 15 is 0 Å². The van der Waals surface area contributed by atoms with Gasteiger partial charge in [-0.2, -0.15) is 13.2 Å². The van der Waals surface area contributed by atoms with Crippen LogP contribution in [0.1, 0.15) is 13.3 Å². The lowest BCUT2D eigenvalue weighted by molar-refractivity contribution is -0.0934. The number of hydrogen-bond acceptors (Lipinski definition) is 0. The van der Waals surface area contributed by atoms with E-state index in [4.69, 9.17) is 0 Å². The molecule has 0 rings (SSSR count). The van der Waals surface area contributed by atoms with Gasteiger partial charge in [0.25, 0.3) is 0 Å². The Kier molecular flexibility index (Phi) is 3.42. The quantitative estimate of drug-likeness (QED) is 0.491. The fourth-order valence-electron chi connectivity index (χ4n) is 0.455. The van der Waals surface area contributed by atoms with Gasteiger partial charge in [-0.25, -0.2) is 0 Å². The second-order valence-electron chi connectivity index (χ2n) is 2.09. The lowest BCUT2D eigenvalue weighted by atomic mass is 10.2. The molecule has 60 valence electrons. The van der Waals surface area contributed by atoms with Gasteiger partial charge in [0, 0.05) is 10.4 Å². The zero-order valence-electron chi connectivity index (χ0n) is 5.50. The first-order valence-electron chi connectivity index (χ1n) is 2.73. The molecule has 0 fully saturated rings. The number of rotatable bonds is 2. The molecule has 0 saturated carbocycles. The van der Waals surface area contributed by atoms with E-state index in [1.54, 1.807) is 6.92 Å². The molecule has 0 amide bonds. The van der Waals surface area contributed by atoms with Crippen LogP contribution in [0, 0.1) is 0 Å². The topological polar surface area (TPSA) is 0 Å². The lowest BCUT2D eigenvalue weighted by Crippen LogP contribution is -2.12. The summed E-state index contributed by atoms with van der Waals surface area (Å²) in [5, 5.41) is 0. The molecule has 0 saturated heterocycles. The van der Waals surface area contributed by atoms with Crippen molar-refractivity contribution < 1.29 is 13.2 Å². The highest BCUT2D eigenvalue weighted by Gasteiger charge is 2.31. The minimum atomic E-state index is -4.23. The van der Waals surface area contributed by atoms with Gasteiger partial charge in [-0.1, -0.05) is 29.4 Å². The average Bonchev–Trinajstić information content (AvgIpc) is 1.60. The van der Waals surface area contributed by atoms with Gasteiger partial charge in [0.05, 0.1) is 0 Å². The predicted molar refractivity (Wildman–Crippen MR) is 38.2 cm³/mol. The molecule has 0 spiro atoms. The first-order valence-corrected chi connectivity index (χ1v) is 3.64. The lowest BCUT2D eigenvalue weighted by Gasteiger charge is -2.10. The molecule has 0 aliphatic carbocycles. The van der Waals surface area contributed by atoms with E-state index in [9.17, 15) is 13.2 Å². The van der Waals surface area contributed by atoms with Crippen molar-refractivity contribution >= 4 is 15.9 Å². The van der Waals surface area contributed by atoms with Crippen LogP contribution >= 0.6 is 15.9 Å². The molecule has 10 heavy (non-hydrogen) atoms. The fourth-order valence-corrected chi connectivity index (χ4v) is 0.846. The van der Waals surface area contributed by atoms with E-state index in [0.717, 1.165) is 0 Å². The average molecular weight is 217 g/mol. The molecule has 0 aromatic carbocycles. The molecule has 1 unspecified atom stereocenters. The Morgan fingerprint density at radius 2 is 2.00 bits per heavy atom. The third-order valence-electron chi connectivity index (χ3n) is 0.929. The molecule has 4 heteroatoms.